The van der Waals surface area contributed by atoms with Crippen LogP contribution in [0.1, 0.15) is 38.3 Å². The second-order valence-corrected chi connectivity index (χ2v) is 7.32. The molecule has 0 saturated carbocycles. The number of carbonyl (C=O) groups excluding carboxylic acids is 1. The Balaban J connectivity index is 1.65. The lowest BCUT2D eigenvalue weighted by atomic mass is 9.87. The highest BCUT2D eigenvalue weighted by atomic mass is 16.5. The van der Waals surface area contributed by atoms with Crippen molar-refractivity contribution in [2.45, 2.75) is 39.0 Å². The normalized spacial score (nSPS) is 11.1. The van der Waals surface area contributed by atoms with Gasteiger partial charge in [-0.1, -0.05) is 45.0 Å². The molecule has 4 heteroatoms. The van der Waals surface area contributed by atoms with Crippen molar-refractivity contribution in [3.63, 3.8) is 0 Å². The number of amides is 1. The van der Waals surface area contributed by atoms with Crippen LogP contribution in [-0.2, 0) is 16.6 Å². The zero-order valence-corrected chi connectivity index (χ0v) is 16.2. The number of benzene rings is 2. The molecule has 2 aromatic rings. The van der Waals surface area contributed by atoms with E-state index in [0.29, 0.717) is 26.0 Å². The predicted molar refractivity (Wildman–Crippen MR) is 105 cm³/mol. The van der Waals surface area contributed by atoms with Gasteiger partial charge in [0.15, 0.2) is 0 Å². The first kappa shape index (κ1) is 19.8. The summed E-state index contributed by atoms with van der Waals surface area (Å²) in [5, 5.41) is 2.89. The second-order valence-electron chi connectivity index (χ2n) is 7.32. The SMILES string of the molecule is COc1ccc(CCC(=O)NCCOc2ccc(C(C)(C)C)cc2)cc1. The number of hydrogen-bond acceptors (Lipinski definition) is 3. The van der Waals surface area contributed by atoms with Gasteiger partial charge < -0.3 is 14.8 Å². The van der Waals surface area contributed by atoms with Crippen LogP contribution in [0.3, 0.4) is 0 Å². The molecule has 0 atom stereocenters. The number of rotatable bonds is 8. The Morgan fingerprint density at radius 1 is 0.962 bits per heavy atom. The van der Waals surface area contributed by atoms with Gasteiger partial charge in [-0.15, -0.1) is 0 Å². The highest BCUT2D eigenvalue weighted by Crippen LogP contribution is 2.24. The van der Waals surface area contributed by atoms with Crippen molar-refractivity contribution in [1.82, 2.24) is 5.32 Å². The third-order valence-corrected chi connectivity index (χ3v) is 4.21. The number of aryl methyl sites for hydroxylation is 1. The van der Waals surface area contributed by atoms with Crippen LogP contribution in [0.5, 0.6) is 11.5 Å². The Labute approximate surface area is 156 Å². The molecule has 0 heterocycles. The Morgan fingerprint density at radius 2 is 1.58 bits per heavy atom. The van der Waals surface area contributed by atoms with Gasteiger partial charge in [0.2, 0.25) is 5.91 Å². The summed E-state index contributed by atoms with van der Waals surface area (Å²) < 4.78 is 10.8. The lowest BCUT2D eigenvalue weighted by molar-refractivity contribution is -0.121. The maximum atomic E-state index is 11.9. The summed E-state index contributed by atoms with van der Waals surface area (Å²) in [4.78, 5) is 11.9. The Bertz CT molecular complexity index is 685. The van der Waals surface area contributed by atoms with E-state index < -0.39 is 0 Å². The second kappa shape index (κ2) is 9.27. The van der Waals surface area contributed by atoms with Gasteiger partial charge in [0, 0.05) is 6.42 Å². The zero-order chi connectivity index (χ0) is 19.0. The zero-order valence-electron chi connectivity index (χ0n) is 16.2. The first-order valence-electron chi connectivity index (χ1n) is 9.01. The van der Waals surface area contributed by atoms with Crippen LogP contribution < -0.4 is 14.8 Å². The van der Waals surface area contributed by atoms with Gasteiger partial charge in [0.1, 0.15) is 18.1 Å². The number of ether oxygens (including phenoxy) is 2. The summed E-state index contributed by atoms with van der Waals surface area (Å²) >= 11 is 0. The van der Waals surface area contributed by atoms with E-state index in [-0.39, 0.29) is 11.3 Å². The molecule has 0 aliphatic carbocycles. The lowest BCUT2D eigenvalue weighted by Gasteiger charge is -2.19. The number of carbonyl (C=O) groups is 1. The van der Waals surface area contributed by atoms with Crippen molar-refractivity contribution < 1.29 is 14.3 Å². The molecule has 2 rings (SSSR count). The maximum Gasteiger partial charge on any atom is 0.220 e. The third kappa shape index (κ3) is 6.43. The molecular weight excluding hydrogens is 326 g/mol. The van der Waals surface area contributed by atoms with Crippen molar-refractivity contribution in [3.05, 3.63) is 59.7 Å². The first-order valence-corrected chi connectivity index (χ1v) is 9.01. The van der Waals surface area contributed by atoms with E-state index in [1.165, 1.54) is 5.56 Å². The smallest absolute Gasteiger partial charge is 0.220 e. The van der Waals surface area contributed by atoms with E-state index in [4.69, 9.17) is 9.47 Å². The molecule has 0 bridgehead atoms. The molecule has 26 heavy (non-hydrogen) atoms. The minimum atomic E-state index is 0.0347. The minimum Gasteiger partial charge on any atom is -0.497 e. The van der Waals surface area contributed by atoms with Gasteiger partial charge in [0.25, 0.3) is 0 Å². The molecule has 0 aromatic heterocycles. The quantitative estimate of drug-likeness (QED) is 0.725. The largest absolute Gasteiger partial charge is 0.497 e. The Kier molecular flexibility index (Phi) is 7.07. The summed E-state index contributed by atoms with van der Waals surface area (Å²) in [7, 11) is 1.64. The minimum absolute atomic E-state index is 0.0347. The van der Waals surface area contributed by atoms with Crippen molar-refractivity contribution in [1.29, 1.82) is 0 Å². The third-order valence-electron chi connectivity index (χ3n) is 4.21. The fourth-order valence-corrected chi connectivity index (χ4v) is 2.55. The first-order chi connectivity index (χ1) is 12.4. The van der Waals surface area contributed by atoms with Gasteiger partial charge in [-0.2, -0.15) is 0 Å². The molecule has 0 radical (unpaired) electrons. The van der Waals surface area contributed by atoms with Gasteiger partial charge in [-0.25, -0.2) is 0 Å². The van der Waals surface area contributed by atoms with E-state index in [1.54, 1.807) is 7.11 Å². The van der Waals surface area contributed by atoms with Crippen molar-refractivity contribution in [2.75, 3.05) is 20.3 Å². The van der Waals surface area contributed by atoms with E-state index in [9.17, 15) is 4.79 Å². The fourth-order valence-electron chi connectivity index (χ4n) is 2.55. The van der Waals surface area contributed by atoms with Crippen LogP contribution >= 0.6 is 0 Å². The van der Waals surface area contributed by atoms with Crippen molar-refractivity contribution in [2.24, 2.45) is 0 Å². The van der Waals surface area contributed by atoms with Gasteiger partial charge in [-0.3, -0.25) is 4.79 Å². The topological polar surface area (TPSA) is 47.6 Å². The van der Waals surface area contributed by atoms with Gasteiger partial charge in [-0.05, 0) is 47.2 Å². The molecule has 4 nitrogen and oxygen atoms in total. The molecule has 0 fully saturated rings. The molecule has 0 unspecified atom stereocenters. The van der Waals surface area contributed by atoms with Crippen LogP contribution in [0.25, 0.3) is 0 Å². The summed E-state index contributed by atoms with van der Waals surface area (Å²) in [6, 6.07) is 15.9. The molecule has 0 aliphatic rings. The summed E-state index contributed by atoms with van der Waals surface area (Å²) in [6.07, 6.45) is 1.18. The van der Waals surface area contributed by atoms with E-state index in [0.717, 1.165) is 17.1 Å². The van der Waals surface area contributed by atoms with E-state index >= 15 is 0 Å². The lowest BCUT2D eigenvalue weighted by Crippen LogP contribution is -2.28. The molecule has 1 amide bonds. The number of hydrogen-bond donors (Lipinski definition) is 1. The number of nitrogens with one attached hydrogen (secondary N) is 1. The van der Waals surface area contributed by atoms with Crippen LogP contribution in [0, 0.1) is 0 Å². The van der Waals surface area contributed by atoms with Crippen LogP contribution in [-0.4, -0.2) is 26.2 Å². The van der Waals surface area contributed by atoms with Gasteiger partial charge in [0.05, 0.1) is 13.7 Å². The van der Waals surface area contributed by atoms with Crippen LogP contribution in [0.2, 0.25) is 0 Å². The molecule has 1 N–H and O–H groups in total. The van der Waals surface area contributed by atoms with Crippen molar-refractivity contribution in [3.8, 4) is 11.5 Å². The molecule has 0 saturated heterocycles. The summed E-state index contributed by atoms with van der Waals surface area (Å²) in [5.74, 6) is 1.68. The average Bonchev–Trinajstić information content (AvgIpc) is 2.63. The van der Waals surface area contributed by atoms with Crippen LogP contribution in [0.15, 0.2) is 48.5 Å². The molecule has 140 valence electrons. The number of methoxy groups -OCH3 is 1. The fraction of sp³-hybridized carbons (Fsp3) is 0.409. The van der Waals surface area contributed by atoms with E-state index in [1.807, 2.05) is 36.4 Å². The highest BCUT2D eigenvalue weighted by molar-refractivity contribution is 5.76. The summed E-state index contributed by atoms with van der Waals surface area (Å²) in [6.45, 7) is 7.52. The Morgan fingerprint density at radius 3 is 2.15 bits per heavy atom. The molecule has 2 aromatic carbocycles. The van der Waals surface area contributed by atoms with Crippen molar-refractivity contribution >= 4 is 5.91 Å². The van der Waals surface area contributed by atoms with E-state index in [2.05, 4.69) is 38.2 Å². The summed E-state index contributed by atoms with van der Waals surface area (Å²) in [5.41, 5.74) is 2.53. The molecule has 0 aliphatic heterocycles. The molecule has 0 spiro atoms. The monoisotopic (exact) mass is 355 g/mol. The van der Waals surface area contributed by atoms with Gasteiger partial charge >= 0.3 is 0 Å². The average molecular weight is 355 g/mol. The Hall–Kier alpha value is -2.49. The maximum absolute atomic E-state index is 11.9. The van der Waals surface area contributed by atoms with Crippen LogP contribution in [0.4, 0.5) is 0 Å². The standard InChI is InChI=1S/C22H29NO3/c1-22(2,3)18-8-12-20(13-9-18)26-16-15-23-21(24)14-7-17-5-10-19(25-4)11-6-17/h5-6,8-13H,7,14-16H2,1-4H3,(H,23,24). The predicted octanol–water partition coefficient (Wildman–Crippen LogP) is 4.12. The molecular formula is C22H29NO3. The highest BCUT2D eigenvalue weighted by Gasteiger charge is 2.12.